The van der Waals surface area contributed by atoms with Crippen LogP contribution in [0.2, 0.25) is 0 Å². The van der Waals surface area contributed by atoms with Crippen LogP contribution in [0.15, 0.2) is 23.2 Å². The van der Waals surface area contributed by atoms with E-state index in [0.717, 1.165) is 6.42 Å². The Kier molecular flexibility index (Phi) is 3.85. The van der Waals surface area contributed by atoms with Crippen LogP contribution in [-0.2, 0) is 10.0 Å². The van der Waals surface area contributed by atoms with Crippen molar-refractivity contribution in [2.24, 2.45) is 11.7 Å². The van der Waals surface area contributed by atoms with Gasteiger partial charge in [0.2, 0.25) is 10.0 Å². The maximum Gasteiger partial charge on any atom is 0.246 e. The average Bonchev–Trinajstić information content (AvgIpc) is 2.37. The first-order valence-electron chi connectivity index (χ1n) is 6.06. The fourth-order valence-corrected chi connectivity index (χ4v) is 4.08. The van der Waals surface area contributed by atoms with Crippen LogP contribution < -0.4 is 5.73 Å². The lowest BCUT2D eigenvalue weighted by atomic mass is 9.99. The van der Waals surface area contributed by atoms with Gasteiger partial charge in [-0.05, 0) is 24.5 Å². The molecule has 0 amide bonds. The summed E-state index contributed by atoms with van der Waals surface area (Å²) in [6.07, 6.45) is 2.21. The zero-order valence-electron chi connectivity index (χ0n) is 10.7. The van der Waals surface area contributed by atoms with E-state index in [4.69, 9.17) is 11.0 Å². The van der Waals surface area contributed by atoms with E-state index in [1.54, 1.807) is 0 Å². The van der Waals surface area contributed by atoms with Gasteiger partial charge in [0.25, 0.3) is 0 Å². The lowest BCUT2D eigenvalue weighted by Crippen LogP contribution is -2.48. The van der Waals surface area contributed by atoms with E-state index in [1.807, 2.05) is 13.0 Å². The van der Waals surface area contributed by atoms with E-state index >= 15 is 0 Å². The fourth-order valence-electron chi connectivity index (χ4n) is 2.37. The molecule has 2 N–H and O–H groups in total. The van der Waals surface area contributed by atoms with Crippen LogP contribution >= 0.6 is 0 Å². The molecule has 102 valence electrons. The standard InChI is InChI=1S/C12H16N4O2S/c1-9-5-10(14)8-16(7-9)19(17,18)12-3-2-4-15-11(12)6-13/h2-4,9-10H,5,7-8,14H2,1H3. The highest BCUT2D eigenvalue weighted by Crippen LogP contribution is 2.24. The number of piperidine rings is 1. The second-order valence-electron chi connectivity index (χ2n) is 4.88. The van der Waals surface area contributed by atoms with Gasteiger partial charge < -0.3 is 5.73 Å². The molecule has 2 unspecified atom stereocenters. The van der Waals surface area contributed by atoms with Gasteiger partial charge in [-0.25, -0.2) is 13.4 Å². The van der Waals surface area contributed by atoms with Gasteiger partial charge in [-0.2, -0.15) is 9.57 Å². The van der Waals surface area contributed by atoms with Crippen LogP contribution in [0.1, 0.15) is 19.0 Å². The van der Waals surface area contributed by atoms with Crippen LogP contribution in [-0.4, -0.2) is 36.8 Å². The lowest BCUT2D eigenvalue weighted by Gasteiger charge is -2.33. The second-order valence-corrected chi connectivity index (χ2v) is 6.79. The molecule has 0 aromatic carbocycles. The quantitative estimate of drug-likeness (QED) is 0.840. The summed E-state index contributed by atoms with van der Waals surface area (Å²) < 4.78 is 26.4. The molecule has 1 aliphatic rings. The van der Waals surface area contributed by atoms with Crippen molar-refractivity contribution in [1.82, 2.24) is 9.29 Å². The van der Waals surface area contributed by atoms with E-state index in [-0.39, 0.29) is 29.1 Å². The number of sulfonamides is 1. The SMILES string of the molecule is CC1CC(N)CN(S(=O)(=O)c2cccnc2C#N)C1. The minimum atomic E-state index is -3.70. The smallest absolute Gasteiger partial charge is 0.246 e. The number of hydrogen-bond acceptors (Lipinski definition) is 5. The summed E-state index contributed by atoms with van der Waals surface area (Å²) in [4.78, 5) is 3.76. The molecular weight excluding hydrogens is 264 g/mol. The molecule has 1 saturated heterocycles. The van der Waals surface area contributed by atoms with Crippen molar-refractivity contribution in [3.05, 3.63) is 24.0 Å². The van der Waals surface area contributed by atoms with Gasteiger partial charge in [-0.1, -0.05) is 6.92 Å². The Morgan fingerprint density at radius 1 is 1.53 bits per heavy atom. The molecule has 1 aromatic rings. The zero-order chi connectivity index (χ0) is 14.0. The van der Waals surface area contributed by atoms with E-state index in [0.29, 0.717) is 6.54 Å². The summed E-state index contributed by atoms with van der Waals surface area (Å²) in [5, 5.41) is 8.96. The van der Waals surface area contributed by atoms with E-state index in [1.165, 1.54) is 22.6 Å². The van der Waals surface area contributed by atoms with Crippen molar-refractivity contribution in [3.63, 3.8) is 0 Å². The van der Waals surface area contributed by atoms with Crippen molar-refractivity contribution in [2.45, 2.75) is 24.3 Å². The third-order valence-corrected chi connectivity index (χ3v) is 5.02. The normalized spacial score (nSPS) is 24.9. The minimum Gasteiger partial charge on any atom is -0.326 e. The number of pyridine rings is 1. The summed E-state index contributed by atoms with van der Waals surface area (Å²) in [5.41, 5.74) is 5.80. The van der Waals surface area contributed by atoms with Gasteiger partial charge in [0.1, 0.15) is 11.0 Å². The molecule has 0 spiro atoms. The predicted molar refractivity (Wildman–Crippen MR) is 69.5 cm³/mol. The molecule has 6 nitrogen and oxygen atoms in total. The van der Waals surface area contributed by atoms with Crippen molar-refractivity contribution >= 4 is 10.0 Å². The first-order chi connectivity index (χ1) is 8.95. The monoisotopic (exact) mass is 280 g/mol. The van der Waals surface area contributed by atoms with Gasteiger partial charge in [0.05, 0.1) is 0 Å². The molecule has 0 saturated carbocycles. The average molecular weight is 280 g/mol. The predicted octanol–water partition coefficient (Wildman–Crippen LogP) is 0.311. The third-order valence-electron chi connectivity index (χ3n) is 3.15. The fraction of sp³-hybridized carbons (Fsp3) is 0.500. The van der Waals surface area contributed by atoms with Crippen molar-refractivity contribution in [2.75, 3.05) is 13.1 Å². The molecular formula is C12H16N4O2S. The van der Waals surface area contributed by atoms with Gasteiger partial charge in [-0.3, -0.25) is 0 Å². The van der Waals surface area contributed by atoms with Crippen LogP contribution in [0.3, 0.4) is 0 Å². The highest BCUT2D eigenvalue weighted by Gasteiger charge is 2.33. The molecule has 2 atom stereocenters. The maximum atomic E-state index is 12.5. The number of nitriles is 1. The van der Waals surface area contributed by atoms with E-state index < -0.39 is 10.0 Å². The minimum absolute atomic E-state index is 0.0428. The van der Waals surface area contributed by atoms with Crippen LogP contribution in [0.5, 0.6) is 0 Å². The lowest BCUT2D eigenvalue weighted by molar-refractivity contribution is 0.254. The molecule has 0 bridgehead atoms. The largest absolute Gasteiger partial charge is 0.326 e. The highest BCUT2D eigenvalue weighted by molar-refractivity contribution is 7.89. The van der Waals surface area contributed by atoms with Crippen molar-refractivity contribution in [1.29, 1.82) is 5.26 Å². The number of nitrogens with zero attached hydrogens (tertiary/aromatic N) is 3. The second kappa shape index (κ2) is 5.25. The Bertz CT molecular complexity index is 598. The van der Waals surface area contributed by atoms with Crippen molar-refractivity contribution < 1.29 is 8.42 Å². The summed E-state index contributed by atoms with van der Waals surface area (Å²) in [6, 6.07) is 4.57. The van der Waals surface area contributed by atoms with Crippen molar-refractivity contribution in [3.8, 4) is 6.07 Å². The Morgan fingerprint density at radius 3 is 2.89 bits per heavy atom. The molecule has 1 aromatic heterocycles. The summed E-state index contributed by atoms with van der Waals surface area (Å²) in [6.45, 7) is 2.68. The van der Waals surface area contributed by atoms with Gasteiger partial charge in [0.15, 0.2) is 5.69 Å². The summed E-state index contributed by atoms with van der Waals surface area (Å²) in [7, 11) is -3.70. The number of nitrogens with two attached hydrogens (primary N) is 1. The Hall–Kier alpha value is -1.49. The highest BCUT2D eigenvalue weighted by atomic mass is 32.2. The molecule has 7 heteroatoms. The van der Waals surface area contributed by atoms with E-state index in [2.05, 4.69) is 4.98 Å². The molecule has 0 radical (unpaired) electrons. The topological polar surface area (TPSA) is 100 Å². The van der Waals surface area contributed by atoms with Crippen LogP contribution in [0, 0.1) is 17.2 Å². The van der Waals surface area contributed by atoms with Gasteiger partial charge >= 0.3 is 0 Å². The summed E-state index contributed by atoms with van der Waals surface area (Å²) in [5.74, 6) is 0.209. The van der Waals surface area contributed by atoms with E-state index in [9.17, 15) is 8.42 Å². The number of hydrogen-bond donors (Lipinski definition) is 1. The molecule has 0 aliphatic carbocycles. The number of rotatable bonds is 2. The first-order valence-corrected chi connectivity index (χ1v) is 7.50. The molecule has 1 aliphatic heterocycles. The Labute approximate surface area is 112 Å². The van der Waals surface area contributed by atoms with Gasteiger partial charge in [0, 0.05) is 25.3 Å². The van der Waals surface area contributed by atoms with Crippen LogP contribution in [0.25, 0.3) is 0 Å². The third kappa shape index (κ3) is 2.76. The molecule has 19 heavy (non-hydrogen) atoms. The van der Waals surface area contributed by atoms with Gasteiger partial charge in [-0.15, -0.1) is 0 Å². The Morgan fingerprint density at radius 2 is 2.26 bits per heavy atom. The molecule has 2 heterocycles. The summed E-state index contributed by atoms with van der Waals surface area (Å²) >= 11 is 0. The molecule has 1 fully saturated rings. The molecule has 2 rings (SSSR count). The number of aromatic nitrogens is 1. The van der Waals surface area contributed by atoms with Crippen LogP contribution in [0.4, 0.5) is 0 Å². The Balaban J connectivity index is 2.40. The maximum absolute atomic E-state index is 12.5. The zero-order valence-corrected chi connectivity index (χ0v) is 11.5. The first kappa shape index (κ1) is 13.9.